The standard InChI is InChI=1S/C15H25NOS/c1-4-10-16-15(12-18-6-3)13-8-7-9-14(11-13)17-5-2/h7-9,11,15-16H,4-6,10,12H2,1-3H3. The van der Waals surface area contributed by atoms with Crippen LogP contribution in [0.25, 0.3) is 0 Å². The van der Waals surface area contributed by atoms with Crippen LogP contribution in [0.2, 0.25) is 0 Å². The van der Waals surface area contributed by atoms with Gasteiger partial charge < -0.3 is 10.1 Å². The molecule has 0 amide bonds. The summed E-state index contributed by atoms with van der Waals surface area (Å²) in [4.78, 5) is 0. The highest BCUT2D eigenvalue weighted by molar-refractivity contribution is 7.99. The fourth-order valence-corrected chi connectivity index (χ4v) is 2.60. The van der Waals surface area contributed by atoms with Crippen LogP contribution < -0.4 is 10.1 Å². The molecule has 2 nitrogen and oxygen atoms in total. The van der Waals surface area contributed by atoms with E-state index < -0.39 is 0 Å². The second-order valence-electron chi connectivity index (χ2n) is 4.17. The molecule has 18 heavy (non-hydrogen) atoms. The van der Waals surface area contributed by atoms with E-state index in [9.17, 15) is 0 Å². The first-order valence-electron chi connectivity index (χ1n) is 6.85. The first-order valence-corrected chi connectivity index (χ1v) is 8.01. The van der Waals surface area contributed by atoms with Gasteiger partial charge in [0.05, 0.1) is 6.61 Å². The van der Waals surface area contributed by atoms with E-state index >= 15 is 0 Å². The van der Waals surface area contributed by atoms with Gasteiger partial charge in [0.2, 0.25) is 0 Å². The van der Waals surface area contributed by atoms with Crippen LogP contribution in [0.5, 0.6) is 5.75 Å². The van der Waals surface area contributed by atoms with Gasteiger partial charge in [-0.1, -0.05) is 26.0 Å². The normalized spacial score (nSPS) is 12.4. The van der Waals surface area contributed by atoms with Crippen molar-refractivity contribution in [1.29, 1.82) is 0 Å². The third-order valence-corrected chi connectivity index (χ3v) is 3.68. The van der Waals surface area contributed by atoms with E-state index in [0.29, 0.717) is 6.04 Å². The van der Waals surface area contributed by atoms with Gasteiger partial charge >= 0.3 is 0 Å². The molecular formula is C15H25NOS. The van der Waals surface area contributed by atoms with Crippen LogP contribution >= 0.6 is 11.8 Å². The average molecular weight is 267 g/mol. The average Bonchev–Trinajstić information content (AvgIpc) is 2.40. The molecule has 0 heterocycles. The molecule has 0 spiro atoms. The Kier molecular flexibility index (Phi) is 7.94. The van der Waals surface area contributed by atoms with E-state index in [4.69, 9.17) is 4.74 Å². The lowest BCUT2D eigenvalue weighted by molar-refractivity contribution is 0.339. The van der Waals surface area contributed by atoms with Gasteiger partial charge in [0.1, 0.15) is 5.75 Å². The molecule has 1 aromatic rings. The second-order valence-corrected chi connectivity index (χ2v) is 5.49. The maximum atomic E-state index is 5.57. The van der Waals surface area contributed by atoms with Crippen molar-refractivity contribution in [2.75, 3.05) is 24.7 Å². The van der Waals surface area contributed by atoms with E-state index in [0.717, 1.165) is 30.4 Å². The summed E-state index contributed by atoms with van der Waals surface area (Å²) < 4.78 is 5.57. The summed E-state index contributed by atoms with van der Waals surface area (Å²) >= 11 is 1.98. The Morgan fingerprint density at radius 1 is 1.28 bits per heavy atom. The Labute approximate surface area is 116 Å². The largest absolute Gasteiger partial charge is 0.494 e. The third-order valence-electron chi connectivity index (χ3n) is 2.70. The number of rotatable bonds is 9. The summed E-state index contributed by atoms with van der Waals surface area (Å²) in [6.45, 7) is 8.21. The van der Waals surface area contributed by atoms with Crippen molar-refractivity contribution in [2.24, 2.45) is 0 Å². The van der Waals surface area contributed by atoms with Crippen LogP contribution in [0, 0.1) is 0 Å². The van der Waals surface area contributed by atoms with Crippen molar-refractivity contribution in [3.63, 3.8) is 0 Å². The molecule has 1 atom stereocenters. The number of benzene rings is 1. The molecule has 0 aliphatic heterocycles. The lowest BCUT2D eigenvalue weighted by atomic mass is 10.1. The highest BCUT2D eigenvalue weighted by Crippen LogP contribution is 2.22. The van der Waals surface area contributed by atoms with E-state index in [2.05, 4.69) is 37.4 Å². The van der Waals surface area contributed by atoms with Gasteiger partial charge in [0, 0.05) is 11.8 Å². The van der Waals surface area contributed by atoms with Crippen molar-refractivity contribution in [1.82, 2.24) is 5.32 Å². The van der Waals surface area contributed by atoms with Crippen LogP contribution in [-0.2, 0) is 0 Å². The first-order chi connectivity index (χ1) is 8.81. The topological polar surface area (TPSA) is 21.3 Å². The van der Waals surface area contributed by atoms with Crippen molar-refractivity contribution in [3.8, 4) is 5.75 Å². The Balaban J connectivity index is 2.72. The fourth-order valence-electron chi connectivity index (χ4n) is 1.82. The maximum absolute atomic E-state index is 5.57. The van der Waals surface area contributed by atoms with Crippen molar-refractivity contribution >= 4 is 11.8 Å². The van der Waals surface area contributed by atoms with Gasteiger partial charge in [0.15, 0.2) is 0 Å². The van der Waals surface area contributed by atoms with E-state index in [1.54, 1.807) is 0 Å². The molecule has 3 heteroatoms. The second kappa shape index (κ2) is 9.29. The molecule has 1 unspecified atom stereocenters. The molecule has 0 fully saturated rings. The van der Waals surface area contributed by atoms with Crippen molar-refractivity contribution in [3.05, 3.63) is 29.8 Å². The first kappa shape index (κ1) is 15.4. The molecule has 1 N–H and O–H groups in total. The Morgan fingerprint density at radius 2 is 2.11 bits per heavy atom. The Hall–Kier alpha value is -0.670. The minimum atomic E-state index is 0.426. The summed E-state index contributed by atoms with van der Waals surface area (Å²) in [5.74, 6) is 3.25. The van der Waals surface area contributed by atoms with Crippen LogP contribution in [0.4, 0.5) is 0 Å². The summed E-state index contributed by atoms with van der Waals surface area (Å²) in [5.41, 5.74) is 1.33. The van der Waals surface area contributed by atoms with Gasteiger partial charge in [0.25, 0.3) is 0 Å². The summed E-state index contributed by atoms with van der Waals surface area (Å²) in [5, 5.41) is 3.61. The minimum Gasteiger partial charge on any atom is -0.494 e. The van der Waals surface area contributed by atoms with Gasteiger partial charge in [-0.25, -0.2) is 0 Å². The molecule has 0 saturated carbocycles. The zero-order chi connectivity index (χ0) is 13.2. The Morgan fingerprint density at radius 3 is 2.78 bits per heavy atom. The van der Waals surface area contributed by atoms with Crippen LogP contribution in [-0.4, -0.2) is 24.7 Å². The van der Waals surface area contributed by atoms with Crippen LogP contribution in [0.3, 0.4) is 0 Å². The van der Waals surface area contributed by atoms with Gasteiger partial charge in [-0.3, -0.25) is 0 Å². The maximum Gasteiger partial charge on any atom is 0.119 e. The van der Waals surface area contributed by atoms with Crippen LogP contribution in [0.15, 0.2) is 24.3 Å². The SMILES string of the molecule is CCCNC(CSCC)c1cccc(OCC)c1. The number of hydrogen-bond acceptors (Lipinski definition) is 3. The van der Waals surface area contributed by atoms with Gasteiger partial charge in [-0.2, -0.15) is 11.8 Å². The molecule has 0 aliphatic carbocycles. The zero-order valence-electron chi connectivity index (χ0n) is 11.7. The molecular weight excluding hydrogens is 242 g/mol. The molecule has 0 aliphatic rings. The summed E-state index contributed by atoms with van der Waals surface area (Å²) in [7, 11) is 0. The van der Waals surface area contributed by atoms with E-state index in [1.165, 1.54) is 12.0 Å². The zero-order valence-corrected chi connectivity index (χ0v) is 12.6. The smallest absolute Gasteiger partial charge is 0.119 e. The molecule has 1 aromatic carbocycles. The highest BCUT2D eigenvalue weighted by atomic mass is 32.2. The molecule has 0 saturated heterocycles. The van der Waals surface area contributed by atoms with Crippen molar-refractivity contribution < 1.29 is 4.74 Å². The predicted octanol–water partition coefficient (Wildman–Crippen LogP) is 3.88. The molecule has 0 radical (unpaired) electrons. The summed E-state index contributed by atoms with van der Waals surface area (Å²) in [6, 6.07) is 8.88. The van der Waals surface area contributed by atoms with E-state index in [-0.39, 0.29) is 0 Å². The molecule has 102 valence electrons. The number of hydrogen-bond donors (Lipinski definition) is 1. The third kappa shape index (κ3) is 5.32. The molecule has 0 aromatic heterocycles. The monoisotopic (exact) mass is 267 g/mol. The van der Waals surface area contributed by atoms with Crippen molar-refractivity contribution in [2.45, 2.75) is 33.2 Å². The number of nitrogens with one attached hydrogen (secondary N) is 1. The lowest BCUT2D eigenvalue weighted by Gasteiger charge is -2.19. The van der Waals surface area contributed by atoms with Gasteiger partial charge in [-0.15, -0.1) is 0 Å². The Bertz CT molecular complexity index is 322. The van der Waals surface area contributed by atoms with Gasteiger partial charge in [-0.05, 0) is 43.3 Å². The van der Waals surface area contributed by atoms with Crippen LogP contribution in [0.1, 0.15) is 38.8 Å². The quantitative estimate of drug-likeness (QED) is 0.733. The highest BCUT2D eigenvalue weighted by Gasteiger charge is 2.11. The minimum absolute atomic E-state index is 0.426. The van der Waals surface area contributed by atoms with E-state index in [1.807, 2.05) is 24.8 Å². The lowest BCUT2D eigenvalue weighted by Crippen LogP contribution is -2.24. The number of thioether (sulfide) groups is 1. The number of ether oxygens (including phenoxy) is 1. The summed E-state index contributed by atoms with van der Waals surface area (Å²) in [6.07, 6.45) is 1.17. The fraction of sp³-hybridized carbons (Fsp3) is 0.600. The predicted molar refractivity (Wildman–Crippen MR) is 81.6 cm³/mol. The molecule has 1 rings (SSSR count). The molecule has 0 bridgehead atoms.